The Morgan fingerprint density at radius 1 is 1.24 bits per heavy atom. The summed E-state index contributed by atoms with van der Waals surface area (Å²) < 4.78 is 4.68. The van der Waals surface area contributed by atoms with E-state index in [1.807, 2.05) is 13.8 Å². The topological polar surface area (TPSA) is 123 Å². The normalized spacial score (nSPS) is 13.4. The van der Waals surface area contributed by atoms with Crippen molar-refractivity contribution in [3.05, 3.63) is 0 Å². The Hall–Kier alpha value is -1.83. The van der Waals surface area contributed by atoms with Gasteiger partial charge in [-0.25, -0.2) is 9.59 Å². The van der Waals surface area contributed by atoms with Gasteiger partial charge in [-0.15, -0.1) is 0 Å². The lowest BCUT2D eigenvalue weighted by molar-refractivity contribution is -0.145. The molecule has 0 fully saturated rings. The number of amides is 3. The van der Waals surface area contributed by atoms with Crippen LogP contribution in [0.25, 0.3) is 0 Å². The average molecular weight is 302 g/mol. The van der Waals surface area contributed by atoms with Crippen molar-refractivity contribution in [1.29, 1.82) is 0 Å². The van der Waals surface area contributed by atoms with Gasteiger partial charge in [-0.05, 0) is 25.8 Å². The van der Waals surface area contributed by atoms with Gasteiger partial charge < -0.3 is 26.4 Å². The molecular formula is C13H26N4O4. The van der Waals surface area contributed by atoms with Gasteiger partial charge in [0.15, 0.2) is 0 Å². The Morgan fingerprint density at radius 2 is 1.86 bits per heavy atom. The van der Waals surface area contributed by atoms with Crippen molar-refractivity contribution in [2.45, 2.75) is 38.8 Å². The number of methoxy groups -OCH3 is 1. The van der Waals surface area contributed by atoms with Gasteiger partial charge in [0.1, 0.15) is 6.04 Å². The van der Waals surface area contributed by atoms with E-state index in [0.717, 1.165) is 0 Å². The molecule has 0 rings (SSSR count). The van der Waals surface area contributed by atoms with Gasteiger partial charge in [-0.3, -0.25) is 4.79 Å². The highest BCUT2D eigenvalue weighted by Crippen LogP contribution is 2.04. The zero-order valence-corrected chi connectivity index (χ0v) is 13.1. The predicted octanol–water partition coefficient (Wildman–Crippen LogP) is -0.663. The van der Waals surface area contributed by atoms with E-state index in [0.29, 0.717) is 19.4 Å². The van der Waals surface area contributed by atoms with Crippen LogP contribution in [0.4, 0.5) is 4.79 Å². The number of nitrogens with two attached hydrogens (primary N) is 1. The van der Waals surface area contributed by atoms with Crippen molar-refractivity contribution in [2.24, 2.45) is 11.7 Å². The zero-order valence-electron chi connectivity index (χ0n) is 13.1. The molecule has 21 heavy (non-hydrogen) atoms. The van der Waals surface area contributed by atoms with E-state index in [1.165, 1.54) is 7.11 Å². The number of hydrogen-bond acceptors (Lipinski definition) is 5. The molecule has 0 aliphatic heterocycles. The third kappa shape index (κ3) is 7.50. The number of likely N-dealkylation sites (N-methyl/N-ethyl adjacent to an activating group) is 1. The van der Waals surface area contributed by atoms with Crippen LogP contribution >= 0.6 is 0 Å². The highest BCUT2D eigenvalue weighted by atomic mass is 16.5. The van der Waals surface area contributed by atoms with E-state index in [-0.39, 0.29) is 17.9 Å². The van der Waals surface area contributed by atoms with Gasteiger partial charge >= 0.3 is 12.0 Å². The first kappa shape index (κ1) is 19.2. The second-order valence-corrected chi connectivity index (χ2v) is 5.03. The van der Waals surface area contributed by atoms with Crippen LogP contribution in [0.15, 0.2) is 0 Å². The number of primary amides is 1. The average Bonchev–Trinajstić information content (AvgIpc) is 2.41. The molecule has 5 N–H and O–H groups in total. The van der Waals surface area contributed by atoms with E-state index in [4.69, 9.17) is 5.73 Å². The molecule has 0 bridgehead atoms. The maximum atomic E-state index is 12.1. The van der Waals surface area contributed by atoms with Crippen LogP contribution in [-0.2, 0) is 14.3 Å². The summed E-state index contributed by atoms with van der Waals surface area (Å²) in [5.74, 6) is -0.684. The summed E-state index contributed by atoms with van der Waals surface area (Å²) in [5, 5.41) is 8.00. The number of carbonyl (C=O) groups excluding carboxylic acids is 3. The number of hydrogen-bond donors (Lipinski definition) is 4. The number of esters is 1. The molecule has 122 valence electrons. The Kier molecular flexibility index (Phi) is 9.11. The first-order chi connectivity index (χ1) is 9.83. The third-order valence-corrected chi connectivity index (χ3v) is 3.03. The lowest BCUT2D eigenvalue weighted by Crippen LogP contribution is -2.51. The van der Waals surface area contributed by atoms with E-state index >= 15 is 0 Å². The monoisotopic (exact) mass is 302 g/mol. The van der Waals surface area contributed by atoms with Crippen molar-refractivity contribution in [2.75, 3.05) is 20.7 Å². The molecule has 0 aromatic heterocycles. The Bertz CT molecular complexity index is 360. The highest BCUT2D eigenvalue weighted by Gasteiger charge is 2.26. The van der Waals surface area contributed by atoms with E-state index in [1.54, 1.807) is 7.05 Å². The van der Waals surface area contributed by atoms with E-state index < -0.39 is 18.0 Å². The Labute approximate surface area is 125 Å². The minimum absolute atomic E-state index is 0.0878. The first-order valence-corrected chi connectivity index (χ1v) is 6.92. The Morgan fingerprint density at radius 3 is 2.29 bits per heavy atom. The molecule has 0 aromatic rings. The first-order valence-electron chi connectivity index (χ1n) is 6.92. The molecule has 8 nitrogen and oxygen atoms in total. The minimum Gasteiger partial charge on any atom is -0.467 e. The number of rotatable bonds is 9. The molecule has 0 heterocycles. The summed E-state index contributed by atoms with van der Waals surface area (Å²) >= 11 is 0. The van der Waals surface area contributed by atoms with Gasteiger partial charge in [-0.1, -0.05) is 13.8 Å². The maximum Gasteiger partial charge on any atom is 0.328 e. The van der Waals surface area contributed by atoms with E-state index in [2.05, 4.69) is 20.7 Å². The lowest BCUT2D eigenvalue weighted by atomic mass is 10.0. The van der Waals surface area contributed by atoms with Gasteiger partial charge in [-0.2, -0.15) is 0 Å². The summed E-state index contributed by atoms with van der Waals surface area (Å²) in [7, 11) is 2.95. The van der Waals surface area contributed by atoms with Crippen LogP contribution in [0.1, 0.15) is 26.7 Å². The van der Waals surface area contributed by atoms with Crippen molar-refractivity contribution in [3.63, 3.8) is 0 Å². The maximum absolute atomic E-state index is 12.1. The molecule has 0 aliphatic rings. The molecule has 0 unspecified atom stereocenters. The van der Waals surface area contributed by atoms with Crippen LogP contribution in [0.5, 0.6) is 0 Å². The molecule has 0 aromatic carbocycles. The van der Waals surface area contributed by atoms with Gasteiger partial charge in [0.05, 0.1) is 13.2 Å². The number of urea groups is 1. The van der Waals surface area contributed by atoms with Crippen molar-refractivity contribution < 1.29 is 19.1 Å². The van der Waals surface area contributed by atoms with Crippen molar-refractivity contribution in [3.8, 4) is 0 Å². The zero-order chi connectivity index (χ0) is 16.4. The number of carbonyl (C=O) groups is 3. The quantitative estimate of drug-likeness (QED) is 0.332. The number of nitrogens with one attached hydrogen (secondary N) is 3. The standard InChI is InChI=1S/C13H26N4O4/c1-8(2)10(15-3)11(18)17-9(12(19)21-4)6-5-7-16-13(14)20/h8-10,15H,5-7H2,1-4H3,(H,17,18)(H3,14,16,20)/t9-,10-/m0/s1. The lowest BCUT2D eigenvalue weighted by Gasteiger charge is -2.23. The molecule has 2 atom stereocenters. The van der Waals surface area contributed by atoms with Crippen LogP contribution in [0.3, 0.4) is 0 Å². The fourth-order valence-electron chi connectivity index (χ4n) is 1.94. The summed E-state index contributed by atoms with van der Waals surface area (Å²) in [6.07, 6.45) is 0.849. The highest BCUT2D eigenvalue weighted by molar-refractivity contribution is 5.87. The van der Waals surface area contributed by atoms with Gasteiger partial charge in [0.2, 0.25) is 5.91 Å². The molecule has 0 saturated heterocycles. The Balaban J connectivity index is 4.51. The molecule has 0 radical (unpaired) electrons. The molecule has 8 heteroatoms. The van der Waals surface area contributed by atoms with E-state index in [9.17, 15) is 14.4 Å². The van der Waals surface area contributed by atoms with Gasteiger partial charge in [0, 0.05) is 6.54 Å². The third-order valence-electron chi connectivity index (χ3n) is 3.03. The molecular weight excluding hydrogens is 276 g/mol. The second-order valence-electron chi connectivity index (χ2n) is 5.03. The summed E-state index contributed by atoms with van der Waals surface area (Å²) in [6.45, 7) is 4.15. The van der Waals surface area contributed by atoms with Crippen LogP contribution in [0.2, 0.25) is 0 Å². The molecule has 0 saturated carbocycles. The van der Waals surface area contributed by atoms with Crippen molar-refractivity contribution >= 4 is 17.9 Å². The summed E-state index contributed by atoms with van der Waals surface area (Å²) in [4.78, 5) is 34.4. The van der Waals surface area contributed by atoms with Gasteiger partial charge in [0.25, 0.3) is 0 Å². The van der Waals surface area contributed by atoms with Crippen LogP contribution in [0, 0.1) is 5.92 Å². The SMILES string of the molecule is CN[C@H](C(=O)N[C@@H](CCCNC(N)=O)C(=O)OC)C(C)C. The second kappa shape index (κ2) is 9.98. The largest absolute Gasteiger partial charge is 0.467 e. The summed E-state index contributed by atoms with van der Waals surface area (Å²) in [5.41, 5.74) is 4.95. The van der Waals surface area contributed by atoms with Crippen LogP contribution in [-0.4, -0.2) is 50.7 Å². The smallest absolute Gasteiger partial charge is 0.328 e. The van der Waals surface area contributed by atoms with Crippen LogP contribution < -0.4 is 21.7 Å². The minimum atomic E-state index is -0.744. The number of ether oxygens (including phenoxy) is 1. The van der Waals surface area contributed by atoms with Crippen molar-refractivity contribution in [1.82, 2.24) is 16.0 Å². The fraction of sp³-hybridized carbons (Fsp3) is 0.769. The predicted molar refractivity (Wildman–Crippen MR) is 78.5 cm³/mol. The molecule has 3 amide bonds. The molecule has 0 aliphatic carbocycles. The molecule has 0 spiro atoms. The summed E-state index contributed by atoms with van der Waals surface area (Å²) in [6, 6.07) is -1.75. The fourth-order valence-corrected chi connectivity index (χ4v) is 1.94.